The van der Waals surface area contributed by atoms with Gasteiger partial charge in [-0.15, -0.1) is 0 Å². The molecule has 110 valence electrons. The molecule has 1 aromatic carbocycles. The van der Waals surface area contributed by atoms with Crippen LogP contribution >= 0.6 is 11.6 Å². The number of benzene rings is 1. The summed E-state index contributed by atoms with van der Waals surface area (Å²) in [7, 11) is -3.37. The van der Waals surface area contributed by atoms with Crippen LogP contribution in [0.25, 0.3) is 0 Å². The molecule has 0 radical (unpaired) electrons. The highest BCUT2D eigenvalue weighted by atomic mass is 35.5. The van der Waals surface area contributed by atoms with Gasteiger partial charge >= 0.3 is 0 Å². The van der Waals surface area contributed by atoms with Crippen LogP contribution in [0.2, 0.25) is 5.02 Å². The molecule has 5 heteroatoms. The summed E-state index contributed by atoms with van der Waals surface area (Å²) in [5.41, 5.74) is 0. The molecule has 0 spiro atoms. The topological polar surface area (TPSA) is 37.4 Å². The summed E-state index contributed by atoms with van der Waals surface area (Å²) in [4.78, 5) is 0.369. The lowest BCUT2D eigenvalue weighted by Gasteiger charge is -2.43. The summed E-state index contributed by atoms with van der Waals surface area (Å²) in [6.07, 6.45) is 6.74. The average Bonchev–Trinajstić information content (AvgIpc) is 2.47. The SMILES string of the molecule is O=S(=O)(c1ccc(Cl)cc1)N1CCC[C@@H]2CCCC[C@H]21. The normalized spacial score (nSPS) is 28.1. The number of sulfonamides is 1. The third-order valence-electron chi connectivity index (χ3n) is 4.61. The average molecular weight is 314 g/mol. The van der Waals surface area contributed by atoms with Crippen LogP contribution in [0.3, 0.4) is 0 Å². The fourth-order valence-electron chi connectivity index (χ4n) is 3.62. The number of fused-ring (bicyclic) bond motifs is 1. The van der Waals surface area contributed by atoms with Crippen molar-refractivity contribution in [2.75, 3.05) is 6.54 Å². The van der Waals surface area contributed by atoms with Crippen molar-refractivity contribution in [2.24, 2.45) is 5.92 Å². The van der Waals surface area contributed by atoms with Gasteiger partial charge in [0.2, 0.25) is 10.0 Å². The van der Waals surface area contributed by atoms with Crippen LogP contribution in [0.4, 0.5) is 0 Å². The summed E-state index contributed by atoms with van der Waals surface area (Å²) in [6, 6.07) is 6.74. The van der Waals surface area contributed by atoms with Gasteiger partial charge < -0.3 is 0 Å². The molecule has 2 aliphatic rings. The molecular weight excluding hydrogens is 294 g/mol. The molecule has 0 N–H and O–H groups in total. The van der Waals surface area contributed by atoms with E-state index in [1.807, 2.05) is 0 Å². The number of hydrogen-bond acceptors (Lipinski definition) is 2. The van der Waals surface area contributed by atoms with Gasteiger partial charge in [0.05, 0.1) is 4.90 Å². The zero-order chi connectivity index (χ0) is 14.2. The van der Waals surface area contributed by atoms with Gasteiger partial charge in [-0.25, -0.2) is 8.42 Å². The lowest BCUT2D eigenvalue weighted by molar-refractivity contribution is 0.129. The number of hydrogen-bond donors (Lipinski definition) is 0. The molecule has 0 aromatic heterocycles. The second kappa shape index (κ2) is 5.66. The molecule has 1 aliphatic carbocycles. The number of piperidine rings is 1. The Morgan fingerprint density at radius 1 is 1.00 bits per heavy atom. The van der Waals surface area contributed by atoms with Gasteiger partial charge in [-0.05, 0) is 55.9 Å². The van der Waals surface area contributed by atoms with Crippen molar-refractivity contribution >= 4 is 21.6 Å². The summed E-state index contributed by atoms with van der Waals surface area (Å²) in [5, 5.41) is 0.568. The molecule has 0 amide bonds. The Morgan fingerprint density at radius 2 is 1.65 bits per heavy atom. The second-order valence-corrected chi connectivity index (χ2v) is 8.15. The largest absolute Gasteiger partial charge is 0.243 e. The standard InChI is InChI=1S/C15H20ClNO2S/c16-13-7-9-14(10-8-13)20(18,19)17-11-3-5-12-4-1-2-6-15(12)17/h7-10,12,15H,1-6,11H2/t12-,15+/m0/s1. The molecule has 1 heterocycles. The van der Waals surface area contributed by atoms with Gasteiger partial charge in [0, 0.05) is 17.6 Å². The van der Waals surface area contributed by atoms with E-state index in [0.717, 1.165) is 19.3 Å². The molecule has 1 aromatic rings. The monoisotopic (exact) mass is 313 g/mol. The zero-order valence-electron chi connectivity index (χ0n) is 11.5. The smallest absolute Gasteiger partial charge is 0.207 e. The summed E-state index contributed by atoms with van der Waals surface area (Å²) in [5.74, 6) is 0.555. The van der Waals surface area contributed by atoms with Crippen molar-refractivity contribution < 1.29 is 8.42 Å². The molecule has 20 heavy (non-hydrogen) atoms. The van der Waals surface area contributed by atoms with Gasteiger partial charge in [-0.1, -0.05) is 24.4 Å². The van der Waals surface area contributed by atoms with E-state index in [1.54, 1.807) is 28.6 Å². The first kappa shape index (κ1) is 14.4. The fraction of sp³-hybridized carbons (Fsp3) is 0.600. The van der Waals surface area contributed by atoms with Gasteiger partial charge in [-0.2, -0.15) is 4.31 Å². The third kappa shape index (κ3) is 2.61. The highest BCUT2D eigenvalue weighted by Gasteiger charge is 2.39. The maximum absolute atomic E-state index is 12.8. The molecular formula is C15H20ClNO2S. The van der Waals surface area contributed by atoms with Gasteiger partial charge in [0.25, 0.3) is 0 Å². The Kier molecular flexibility index (Phi) is 4.07. The maximum Gasteiger partial charge on any atom is 0.243 e. The van der Waals surface area contributed by atoms with Crippen molar-refractivity contribution in [2.45, 2.75) is 49.5 Å². The van der Waals surface area contributed by atoms with Crippen molar-refractivity contribution in [1.29, 1.82) is 0 Å². The Morgan fingerprint density at radius 3 is 2.40 bits per heavy atom. The molecule has 0 unspecified atom stereocenters. The number of halogens is 1. The highest BCUT2D eigenvalue weighted by Crippen LogP contribution is 2.38. The van der Waals surface area contributed by atoms with Crippen LogP contribution in [-0.4, -0.2) is 25.3 Å². The quantitative estimate of drug-likeness (QED) is 0.835. The first-order valence-corrected chi connectivity index (χ1v) is 9.18. The van der Waals surface area contributed by atoms with Crippen molar-refractivity contribution in [3.05, 3.63) is 29.3 Å². The Hall–Kier alpha value is -0.580. The van der Waals surface area contributed by atoms with Crippen LogP contribution in [-0.2, 0) is 10.0 Å². The predicted molar refractivity (Wildman–Crippen MR) is 80.3 cm³/mol. The van der Waals surface area contributed by atoms with E-state index in [0.29, 0.717) is 22.4 Å². The van der Waals surface area contributed by atoms with Crippen molar-refractivity contribution in [1.82, 2.24) is 4.31 Å². The molecule has 3 rings (SSSR count). The first-order chi connectivity index (χ1) is 9.59. The lowest BCUT2D eigenvalue weighted by Crippen LogP contribution is -2.49. The third-order valence-corrected chi connectivity index (χ3v) is 6.80. The van der Waals surface area contributed by atoms with Gasteiger partial charge in [-0.3, -0.25) is 0 Å². The second-order valence-electron chi connectivity index (χ2n) is 5.82. The lowest BCUT2D eigenvalue weighted by atomic mass is 9.79. The molecule has 3 nitrogen and oxygen atoms in total. The van der Waals surface area contributed by atoms with E-state index in [4.69, 9.17) is 11.6 Å². The van der Waals surface area contributed by atoms with Gasteiger partial charge in [0.1, 0.15) is 0 Å². The summed E-state index contributed by atoms with van der Waals surface area (Å²) < 4.78 is 27.4. The molecule has 1 aliphatic heterocycles. The first-order valence-electron chi connectivity index (χ1n) is 7.36. The predicted octanol–water partition coefficient (Wildman–Crippen LogP) is 3.68. The Bertz CT molecular complexity index is 568. The fourth-order valence-corrected chi connectivity index (χ4v) is 5.50. The van der Waals surface area contributed by atoms with E-state index in [2.05, 4.69) is 0 Å². The highest BCUT2D eigenvalue weighted by molar-refractivity contribution is 7.89. The van der Waals surface area contributed by atoms with Crippen LogP contribution in [0.1, 0.15) is 38.5 Å². The Balaban J connectivity index is 1.91. The van der Waals surface area contributed by atoms with Crippen LogP contribution in [0.15, 0.2) is 29.2 Å². The molecule has 2 fully saturated rings. The van der Waals surface area contributed by atoms with E-state index in [1.165, 1.54) is 19.3 Å². The minimum Gasteiger partial charge on any atom is -0.207 e. The summed E-state index contributed by atoms with van der Waals surface area (Å²) >= 11 is 5.85. The molecule has 1 saturated carbocycles. The summed E-state index contributed by atoms with van der Waals surface area (Å²) in [6.45, 7) is 0.659. The zero-order valence-corrected chi connectivity index (χ0v) is 13.0. The molecule has 0 bridgehead atoms. The van der Waals surface area contributed by atoms with Crippen LogP contribution < -0.4 is 0 Å². The van der Waals surface area contributed by atoms with E-state index < -0.39 is 10.0 Å². The minimum absolute atomic E-state index is 0.207. The van der Waals surface area contributed by atoms with E-state index >= 15 is 0 Å². The molecule has 2 atom stereocenters. The Labute approximate surface area is 126 Å². The van der Waals surface area contributed by atoms with E-state index in [-0.39, 0.29) is 6.04 Å². The molecule has 1 saturated heterocycles. The van der Waals surface area contributed by atoms with E-state index in [9.17, 15) is 8.42 Å². The van der Waals surface area contributed by atoms with Crippen molar-refractivity contribution in [3.8, 4) is 0 Å². The number of nitrogens with zero attached hydrogens (tertiary/aromatic N) is 1. The minimum atomic E-state index is -3.37. The van der Waals surface area contributed by atoms with Crippen LogP contribution in [0.5, 0.6) is 0 Å². The maximum atomic E-state index is 12.8. The van der Waals surface area contributed by atoms with Gasteiger partial charge in [0.15, 0.2) is 0 Å². The van der Waals surface area contributed by atoms with Crippen molar-refractivity contribution in [3.63, 3.8) is 0 Å². The number of rotatable bonds is 2. The van der Waals surface area contributed by atoms with Crippen LogP contribution in [0, 0.1) is 5.92 Å².